The van der Waals surface area contributed by atoms with Gasteiger partial charge in [-0.05, 0) is 30.3 Å². The Kier molecular flexibility index (Phi) is 6.25. The molecular weight excluding hydrogens is 380 g/mol. The van der Waals surface area contributed by atoms with Crippen molar-refractivity contribution in [3.8, 4) is 5.75 Å². The summed E-state index contributed by atoms with van der Waals surface area (Å²) in [6.45, 7) is 0. The Bertz CT molecular complexity index is 917. The standard InChI is InChI=1S/C17H19ClN2O5S/c1-19(14-7-5-6-8-15(14)24-3)17(21)12-9-10-13(18)16(11-12)26(22,23)20(2)25-4/h5-11H,1-4H3. The first-order valence-electron chi connectivity index (χ1n) is 7.47. The summed E-state index contributed by atoms with van der Waals surface area (Å²) in [6.07, 6.45) is 0. The monoisotopic (exact) mass is 398 g/mol. The van der Waals surface area contributed by atoms with Crippen molar-refractivity contribution >= 4 is 33.2 Å². The van der Waals surface area contributed by atoms with Crippen LogP contribution in [-0.2, 0) is 14.9 Å². The van der Waals surface area contributed by atoms with E-state index in [-0.39, 0.29) is 15.5 Å². The fourth-order valence-corrected chi connectivity index (χ4v) is 3.75. The zero-order valence-electron chi connectivity index (χ0n) is 14.8. The van der Waals surface area contributed by atoms with E-state index in [0.717, 1.165) is 0 Å². The third-order valence-corrected chi connectivity index (χ3v) is 5.96. The normalized spacial score (nSPS) is 11.5. The molecule has 2 rings (SSSR count). The SMILES string of the molecule is COc1ccccc1N(C)C(=O)c1ccc(Cl)c(S(=O)(=O)N(C)OC)c1. The van der Waals surface area contributed by atoms with Crippen LogP contribution in [0.2, 0.25) is 5.02 Å². The van der Waals surface area contributed by atoms with Crippen molar-refractivity contribution < 1.29 is 22.8 Å². The Morgan fingerprint density at radius 1 is 1.08 bits per heavy atom. The maximum atomic E-state index is 12.8. The van der Waals surface area contributed by atoms with E-state index in [4.69, 9.17) is 21.2 Å². The first-order valence-corrected chi connectivity index (χ1v) is 9.29. The van der Waals surface area contributed by atoms with Crippen LogP contribution in [0.5, 0.6) is 5.75 Å². The van der Waals surface area contributed by atoms with Crippen LogP contribution in [0.3, 0.4) is 0 Å². The molecule has 1 amide bonds. The highest BCUT2D eigenvalue weighted by Gasteiger charge is 2.26. The van der Waals surface area contributed by atoms with Crippen LogP contribution in [0.4, 0.5) is 5.69 Å². The van der Waals surface area contributed by atoms with Crippen molar-refractivity contribution in [2.45, 2.75) is 4.90 Å². The lowest BCUT2D eigenvalue weighted by atomic mass is 10.2. The van der Waals surface area contributed by atoms with E-state index in [1.165, 1.54) is 44.4 Å². The van der Waals surface area contributed by atoms with Gasteiger partial charge in [-0.2, -0.15) is 0 Å². The van der Waals surface area contributed by atoms with Crippen LogP contribution in [0, 0.1) is 0 Å². The van der Waals surface area contributed by atoms with Gasteiger partial charge < -0.3 is 9.64 Å². The van der Waals surface area contributed by atoms with Crippen molar-refractivity contribution in [2.75, 3.05) is 33.2 Å². The number of hydrogen-bond donors (Lipinski definition) is 0. The molecule has 0 bridgehead atoms. The van der Waals surface area contributed by atoms with E-state index in [1.54, 1.807) is 31.3 Å². The summed E-state index contributed by atoms with van der Waals surface area (Å²) in [5.41, 5.74) is 0.708. The van der Waals surface area contributed by atoms with Crippen molar-refractivity contribution in [1.82, 2.24) is 4.47 Å². The van der Waals surface area contributed by atoms with Gasteiger partial charge >= 0.3 is 0 Å². The van der Waals surface area contributed by atoms with E-state index in [9.17, 15) is 13.2 Å². The zero-order valence-corrected chi connectivity index (χ0v) is 16.3. The molecule has 0 spiro atoms. The second-order valence-corrected chi connectivity index (χ2v) is 7.59. The number of para-hydroxylation sites is 2. The summed E-state index contributed by atoms with van der Waals surface area (Å²) in [6, 6.07) is 11.1. The lowest BCUT2D eigenvalue weighted by Crippen LogP contribution is -2.28. The number of rotatable bonds is 6. The zero-order chi connectivity index (χ0) is 19.5. The van der Waals surface area contributed by atoms with E-state index in [0.29, 0.717) is 15.9 Å². The van der Waals surface area contributed by atoms with Crippen molar-refractivity contribution in [2.24, 2.45) is 0 Å². The van der Waals surface area contributed by atoms with E-state index < -0.39 is 15.9 Å². The molecule has 0 aromatic heterocycles. The molecule has 0 unspecified atom stereocenters. The summed E-state index contributed by atoms with van der Waals surface area (Å²) in [7, 11) is 1.54. The average Bonchev–Trinajstić information content (AvgIpc) is 2.66. The average molecular weight is 399 g/mol. The molecular formula is C17H19ClN2O5S. The molecule has 0 saturated heterocycles. The molecule has 2 aromatic rings. The summed E-state index contributed by atoms with van der Waals surface area (Å²) >= 11 is 6.02. The minimum absolute atomic E-state index is 0.00889. The number of ether oxygens (including phenoxy) is 1. The maximum Gasteiger partial charge on any atom is 0.266 e. The molecule has 0 N–H and O–H groups in total. The second-order valence-electron chi connectivity index (χ2n) is 5.28. The fraction of sp³-hybridized carbons (Fsp3) is 0.235. The Labute approximate surface area is 157 Å². The van der Waals surface area contributed by atoms with Gasteiger partial charge in [-0.3, -0.25) is 9.63 Å². The number of amides is 1. The number of halogens is 1. The fourth-order valence-electron chi connectivity index (χ4n) is 2.28. The largest absolute Gasteiger partial charge is 0.495 e. The minimum Gasteiger partial charge on any atom is -0.495 e. The molecule has 0 atom stereocenters. The van der Waals surface area contributed by atoms with Crippen molar-refractivity contribution in [1.29, 1.82) is 0 Å². The lowest BCUT2D eigenvalue weighted by Gasteiger charge is -2.21. The van der Waals surface area contributed by atoms with Gasteiger partial charge in [-0.1, -0.05) is 28.2 Å². The quantitative estimate of drug-likeness (QED) is 0.699. The van der Waals surface area contributed by atoms with Crippen molar-refractivity contribution in [3.63, 3.8) is 0 Å². The number of nitrogens with zero attached hydrogens (tertiary/aromatic N) is 2. The number of hydroxylamine groups is 1. The third kappa shape index (κ3) is 3.83. The van der Waals surface area contributed by atoms with Gasteiger partial charge in [0.05, 0.1) is 24.9 Å². The highest BCUT2D eigenvalue weighted by atomic mass is 35.5. The predicted molar refractivity (Wildman–Crippen MR) is 99.1 cm³/mol. The first kappa shape index (κ1) is 20.2. The van der Waals surface area contributed by atoms with Crippen LogP contribution in [-0.4, -0.2) is 47.1 Å². The highest BCUT2D eigenvalue weighted by molar-refractivity contribution is 7.89. The van der Waals surface area contributed by atoms with Gasteiger partial charge in [-0.25, -0.2) is 8.42 Å². The van der Waals surface area contributed by atoms with E-state index in [1.807, 2.05) is 0 Å². The van der Waals surface area contributed by atoms with Crippen LogP contribution < -0.4 is 9.64 Å². The maximum absolute atomic E-state index is 12.8. The smallest absolute Gasteiger partial charge is 0.266 e. The molecule has 0 aliphatic carbocycles. The number of methoxy groups -OCH3 is 1. The predicted octanol–water partition coefficient (Wildman–Crippen LogP) is 2.81. The molecule has 0 heterocycles. The van der Waals surface area contributed by atoms with Crippen LogP contribution in [0.25, 0.3) is 0 Å². The minimum atomic E-state index is -4.00. The van der Waals surface area contributed by atoms with Gasteiger partial charge in [-0.15, -0.1) is 0 Å². The molecule has 0 fully saturated rings. The summed E-state index contributed by atoms with van der Waals surface area (Å²) in [5, 5.41) is -0.00889. The Morgan fingerprint density at radius 3 is 2.35 bits per heavy atom. The van der Waals surface area contributed by atoms with Crippen LogP contribution >= 0.6 is 11.6 Å². The molecule has 0 aliphatic heterocycles. The second kappa shape index (κ2) is 8.05. The van der Waals surface area contributed by atoms with Gasteiger partial charge in [0.25, 0.3) is 15.9 Å². The number of carbonyl (C=O) groups excluding carboxylic acids is 1. The summed E-state index contributed by atoms with van der Waals surface area (Å²) in [5.74, 6) is 0.104. The van der Waals surface area contributed by atoms with E-state index >= 15 is 0 Å². The number of benzene rings is 2. The number of anilines is 1. The van der Waals surface area contributed by atoms with Gasteiger partial charge in [0.15, 0.2) is 0 Å². The third-order valence-electron chi connectivity index (χ3n) is 3.80. The highest BCUT2D eigenvalue weighted by Crippen LogP contribution is 2.30. The molecule has 0 aliphatic rings. The summed E-state index contributed by atoms with van der Waals surface area (Å²) in [4.78, 5) is 18.7. The van der Waals surface area contributed by atoms with Crippen LogP contribution in [0.15, 0.2) is 47.4 Å². The molecule has 140 valence electrons. The molecule has 2 aromatic carbocycles. The molecule has 0 saturated carbocycles. The molecule has 0 radical (unpaired) electrons. The van der Waals surface area contributed by atoms with Gasteiger partial charge in [0.2, 0.25) is 0 Å². The molecule has 7 nitrogen and oxygen atoms in total. The molecule has 9 heteroatoms. The number of hydrogen-bond acceptors (Lipinski definition) is 5. The Hall–Kier alpha value is -2.13. The molecule has 26 heavy (non-hydrogen) atoms. The first-order chi connectivity index (χ1) is 12.2. The van der Waals surface area contributed by atoms with E-state index in [2.05, 4.69) is 0 Å². The van der Waals surface area contributed by atoms with Gasteiger partial charge in [0, 0.05) is 19.7 Å². The Morgan fingerprint density at radius 2 is 1.73 bits per heavy atom. The van der Waals surface area contributed by atoms with Crippen molar-refractivity contribution in [3.05, 3.63) is 53.1 Å². The lowest BCUT2D eigenvalue weighted by molar-refractivity contribution is -0.0258. The topological polar surface area (TPSA) is 76.2 Å². The van der Waals surface area contributed by atoms with Gasteiger partial charge in [0.1, 0.15) is 10.6 Å². The number of carbonyl (C=O) groups is 1. The Balaban J connectivity index is 2.46. The number of sulfonamides is 1. The summed E-state index contributed by atoms with van der Waals surface area (Å²) < 4.78 is 30.9. The van der Waals surface area contributed by atoms with Crippen LogP contribution in [0.1, 0.15) is 10.4 Å².